The third-order valence-corrected chi connectivity index (χ3v) is 9.54. The molecular weight excluding hydrogens is 547 g/mol. The number of hydrogen-bond acceptors (Lipinski definition) is 6. The van der Waals surface area contributed by atoms with Gasteiger partial charge in [-0.1, -0.05) is 6.08 Å². The number of H-pyrrole nitrogens is 1. The molecule has 3 aromatic heterocycles. The van der Waals surface area contributed by atoms with Crippen LogP contribution in [0, 0.1) is 0 Å². The summed E-state index contributed by atoms with van der Waals surface area (Å²) >= 11 is -0.150. The summed E-state index contributed by atoms with van der Waals surface area (Å²) in [6.07, 6.45) is 8.05. The molecule has 0 aliphatic carbocycles. The number of halogens is 1. The monoisotopic (exact) mass is 566 g/mol. The lowest BCUT2D eigenvalue weighted by atomic mass is 10.0. The molecule has 0 unspecified atom stereocenters. The van der Waals surface area contributed by atoms with Crippen molar-refractivity contribution in [2.75, 3.05) is 18.4 Å². The number of aromatic amines is 1. The predicted octanol–water partition coefficient (Wildman–Crippen LogP) is 6.44. The molecule has 0 spiro atoms. The van der Waals surface area contributed by atoms with Gasteiger partial charge in [0, 0.05) is 58.9 Å². The molecule has 1 aromatic carbocycles. The van der Waals surface area contributed by atoms with Crippen LogP contribution in [0.25, 0.3) is 16.6 Å². The lowest BCUT2D eigenvalue weighted by molar-refractivity contribution is 0.0772. The normalized spacial score (nSPS) is 15.2. The minimum atomic E-state index is -0.150. The van der Waals surface area contributed by atoms with Gasteiger partial charge in [0.1, 0.15) is 5.65 Å². The molecule has 5 heterocycles. The van der Waals surface area contributed by atoms with E-state index < -0.39 is 0 Å². The molecule has 4 aromatic rings. The highest BCUT2D eigenvalue weighted by Gasteiger charge is 2.20. The zero-order valence-corrected chi connectivity index (χ0v) is 20.4. The first-order chi connectivity index (χ1) is 16.2. The van der Waals surface area contributed by atoms with E-state index in [0.717, 1.165) is 40.2 Å². The van der Waals surface area contributed by atoms with Gasteiger partial charge in [-0.2, -0.15) is 0 Å². The molecule has 33 heavy (non-hydrogen) atoms. The van der Waals surface area contributed by atoms with Gasteiger partial charge in [0.15, 0.2) is 0 Å². The summed E-state index contributed by atoms with van der Waals surface area (Å²) in [5, 5.41) is 4.60. The second kappa shape index (κ2) is 8.71. The minimum Gasteiger partial charge on any atom is -0.355 e. The summed E-state index contributed by atoms with van der Waals surface area (Å²) in [6, 6.07) is 14.0. The first-order valence-electron chi connectivity index (χ1n) is 10.5. The summed E-state index contributed by atoms with van der Waals surface area (Å²) in [5.41, 5.74) is 6.97. The lowest BCUT2D eigenvalue weighted by Gasteiger charge is -2.26. The Labute approximate surface area is 203 Å². The maximum atomic E-state index is 12.7. The van der Waals surface area contributed by atoms with E-state index in [1.165, 1.54) is 10.5 Å². The van der Waals surface area contributed by atoms with Crippen LogP contribution in [-0.2, 0) is 0 Å². The molecule has 0 saturated carbocycles. The van der Waals surface area contributed by atoms with E-state index in [2.05, 4.69) is 53.8 Å². The number of nitrogens with zero attached hydrogens (tertiary/aromatic N) is 4. The smallest absolute Gasteiger partial charge is 0.254 e. The molecule has 2 aliphatic rings. The van der Waals surface area contributed by atoms with Gasteiger partial charge >= 0.3 is 0 Å². The van der Waals surface area contributed by atoms with Crippen molar-refractivity contribution >= 4 is 68.2 Å². The van der Waals surface area contributed by atoms with Crippen molar-refractivity contribution < 1.29 is 4.79 Å². The van der Waals surface area contributed by atoms with E-state index >= 15 is 0 Å². The number of carbonyl (C=O) groups excluding carboxylic acids is 1. The van der Waals surface area contributed by atoms with Crippen LogP contribution in [0.5, 0.6) is 0 Å². The summed E-state index contributed by atoms with van der Waals surface area (Å²) in [7, 11) is 1.87. The summed E-state index contributed by atoms with van der Waals surface area (Å²) in [5.74, 6) is 0.0416. The predicted molar refractivity (Wildman–Crippen MR) is 141 cm³/mol. The van der Waals surface area contributed by atoms with Crippen LogP contribution in [0.4, 0.5) is 17.1 Å². The van der Waals surface area contributed by atoms with Gasteiger partial charge < -0.3 is 15.2 Å². The van der Waals surface area contributed by atoms with Gasteiger partial charge in [0.25, 0.3) is 5.91 Å². The Hall–Kier alpha value is -3.05. The molecule has 0 radical (unpaired) electrons. The van der Waals surface area contributed by atoms with Crippen molar-refractivity contribution in [3.63, 3.8) is 0 Å². The minimum absolute atomic E-state index is 0.0416. The number of hydrogen-bond donors (Lipinski definition) is 2. The Morgan fingerprint density at radius 1 is 1.12 bits per heavy atom. The summed E-state index contributed by atoms with van der Waals surface area (Å²) in [6.45, 7) is 1.27. The third-order valence-electron chi connectivity index (χ3n) is 5.78. The maximum Gasteiger partial charge on any atom is 0.254 e. The molecule has 0 atom stereocenters. The average molecular weight is 566 g/mol. The van der Waals surface area contributed by atoms with Crippen LogP contribution in [0.15, 0.2) is 75.2 Å². The highest BCUT2D eigenvalue weighted by molar-refractivity contribution is 14.2. The Balaban J connectivity index is 1.23. The Morgan fingerprint density at radius 2 is 2.03 bits per heavy atom. The number of amides is 1. The van der Waals surface area contributed by atoms with Crippen molar-refractivity contribution in [1.82, 2.24) is 19.9 Å². The van der Waals surface area contributed by atoms with E-state index in [9.17, 15) is 4.79 Å². The standard InChI is InChI=1S/C24H19IN6OS/c32-24(16-3-8-26-9-4-16)31-11-6-15(7-12-31)21-14-18-19(5-10-27-23(18)29-21)28-17-1-2-20-22(13-17)33-25-30-20/h1-6,8-10,13-14H,7,11-12H2,(H2,27,28,29). The zero-order chi connectivity index (χ0) is 22.2. The number of pyridine rings is 2. The molecule has 0 bridgehead atoms. The van der Waals surface area contributed by atoms with E-state index in [1.807, 2.05) is 26.1 Å². The van der Waals surface area contributed by atoms with E-state index in [4.69, 9.17) is 0 Å². The molecule has 7 nitrogen and oxygen atoms in total. The lowest BCUT2D eigenvalue weighted by Crippen LogP contribution is -2.34. The zero-order valence-electron chi connectivity index (χ0n) is 17.5. The molecule has 1 amide bonds. The van der Waals surface area contributed by atoms with Crippen LogP contribution in [-0.4, -0.2) is 38.8 Å². The van der Waals surface area contributed by atoms with E-state index in [1.54, 1.807) is 24.5 Å². The largest absolute Gasteiger partial charge is 0.355 e. The molecular formula is C24H19IN6OS. The summed E-state index contributed by atoms with van der Waals surface area (Å²) < 4.78 is 4.58. The molecule has 6 rings (SSSR count). The van der Waals surface area contributed by atoms with Gasteiger partial charge in [0.05, 0.1) is 31.0 Å². The molecule has 164 valence electrons. The maximum absolute atomic E-state index is 12.7. The quantitative estimate of drug-likeness (QED) is 0.278. The molecule has 0 fully saturated rings. The average Bonchev–Trinajstić information content (AvgIpc) is 3.52. The van der Waals surface area contributed by atoms with Gasteiger partial charge in [-0.05, 0) is 63.4 Å². The highest BCUT2D eigenvalue weighted by Crippen LogP contribution is 2.48. The van der Waals surface area contributed by atoms with Crippen LogP contribution < -0.4 is 5.32 Å². The number of anilines is 2. The fraction of sp³-hybridized carbons (Fsp3) is 0.125. The van der Waals surface area contributed by atoms with Crippen LogP contribution in [0.2, 0.25) is 0 Å². The second-order valence-electron chi connectivity index (χ2n) is 7.81. The third kappa shape index (κ3) is 4.06. The fourth-order valence-electron chi connectivity index (χ4n) is 4.05. The van der Waals surface area contributed by atoms with Crippen molar-refractivity contribution in [2.24, 2.45) is 3.15 Å². The highest BCUT2D eigenvalue weighted by atomic mass is 127. The van der Waals surface area contributed by atoms with Gasteiger partial charge in [-0.25, -0.2) is 8.13 Å². The number of aromatic nitrogens is 3. The van der Waals surface area contributed by atoms with Crippen LogP contribution in [0.3, 0.4) is 0 Å². The van der Waals surface area contributed by atoms with Gasteiger partial charge in [-0.15, -0.1) is 0 Å². The van der Waals surface area contributed by atoms with Gasteiger partial charge in [-0.3, -0.25) is 9.78 Å². The first kappa shape index (κ1) is 20.5. The number of benzene rings is 1. The van der Waals surface area contributed by atoms with Crippen molar-refractivity contribution in [3.8, 4) is 0 Å². The Bertz CT molecular complexity index is 1430. The number of carbonyl (C=O) groups is 1. The van der Waals surface area contributed by atoms with Crippen LogP contribution >= 0.6 is 28.6 Å². The molecule has 0 saturated heterocycles. The molecule has 2 aliphatic heterocycles. The van der Waals surface area contributed by atoms with Gasteiger partial charge in [0.2, 0.25) is 0 Å². The Morgan fingerprint density at radius 3 is 2.88 bits per heavy atom. The summed E-state index contributed by atoms with van der Waals surface area (Å²) in [4.78, 5) is 27.8. The number of rotatable bonds is 4. The number of nitrogens with one attached hydrogen (secondary N) is 2. The SMILES string of the molecule is O=C(c1ccncc1)N1CC=C(c2cc3c(Nc4ccc5c(c4)SI=N5)ccnc3[nH]2)CC1. The molecule has 2 N–H and O–H groups in total. The molecule has 9 heteroatoms. The topological polar surface area (TPSA) is 86.3 Å². The van der Waals surface area contributed by atoms with Crippen molar-refractivity contribution in [3.05, 3.63) is 78.4 Å². The van der Waals surface area contributed by atoms with Crippen molar-refractivity contribution in [2.45, 2.75) is 11.3 Å². The van der Waals surface area contributed by atoms with E-state index in [-0.39, 0.29) is 25.6 Å². The van der Waals surface area contributed by atoms with E-state index in [0.29, 0.717) is 18.7 Å². The fourth-order valence-corrected chi connectivity index (χ4v) is 7.81. The first-order valence-corrected chi connectivity index (χ1v) is 14.9. The van der Waals surface area contributed by atoms with Crippen LogP contribution in [0.1, 0.15) is 22.5 Å². The van der Waals surface area contributed by atoms with Crippen molar-refractivity contribution in [1.29, 1.82) is 0 Å². The second-order valence-corrected chi connectivity index (χ2v) is 11.5. The Kier molecular flexibility index (Phi) is 5.43. The number of fused-ring (bicyclic) bond motifs is 2.